The molecule has 1 aromatic rings. The van der Waals surface area contributed by atoms with Crippen LogP contribution in [0.25, 0.3) is 0 Å². The van der Waals surface area contributed by atoms with Gasteiger partial charge in [0.1, 0.15) is 0 Å². The quantitative estimate of drug-likeness (QED) is 0.882. The maximum absolute atomic E-state index is 12.1. The maximum Gasteiger partial charge on any atom is 0.223 e. The second-order valence-corrected chi connectivity index (χ2v) is 5.88. The molecule has 0 aromatic heterocycles. The summed E-state index contributed by atoms with van der Waals surface area (Å²) in [6.07, 6.45) is 2.69. The number of nitrogens with one attached hydrogen (secondary N) is 1. The van der Waals surface area contributed by atoms with Gasteiger partial charge in [-0.05, 0) is 37.8 Å². The maximum atomic E-state index is 12.1. The molecule has 3 unspecified atom stereocenters. The molecular weight excluding hydrogens is 328 g/mol. The largest absolute Gasteiger partial charge is 0.349 e. The smallest absolute Gasteiger partial charge is 0.223 e. The lowest BCUT2D eigenvalue weighted by molar-refractivity contribution is -0.125. The first-order valence-corrected chi connectivity index (χ1v) is 7.17. The number of carbonyl (C=O) groups is 1. The first-order chi connectivity index (χ1) is 8.58. The van der Waals surface area contributed by atoms with Crippen molar-refractivity contribution in [1.82, 2.24) is 5.32 Å². The van der Waals surface area contributed by atoms with Crippen molar-refractivity contribution in [1.29, 1.82) is 0 Å². The highest BCUT2D eigenvalue weighted by atomic mass is 79.9. The molecule has 1 aromatic carbocycles. The Balaban J connectivity index is 0.00000180. The van der Waals surface area contributed by atoms with Crippen LogP contribution in [0, 0.1) is 5.92 Å². The second kappa shape index (κ2) is 7.27. The van der Waals surface area contributed by atoms with Crippen LogP contribution in [0.1, 0.15) is 37.8 Å². The average molecular weight is 348 g/mol. The van der Waals surface area contributed by atoms with Gasteiger partial charge in [-0.3, -0.25) is 4.79 Å². The van der Waals surface area contributed by atoms with Gasteiger partial charge in [-0.25, -0.2) is 0 Å². The van der Waals surface area contributed by atoms with E-state index >= 15 is 0 Å². The Hall–Kier alpha value is -0.580. The molecular formula is C14H20BrClN2O. The lowest BCUT2D eigenvalue weighted by Gasteiger charge is -2.18. The molecule has 0 saturated heterocycles. The van der Waals surface area contributed by atoms with E-state index in [1.165, 1.54) is 0 Å². The summed E-state index contributed by atoms with van der Waals surface area (Å²) in [6, 6.07) is 8.18. The summed E-state index contributed by atoms with van der Waals surface area (Å²) in [7, 11) is 0. The Bertz CT molecular complexity index is 441. The summed E-state index contributed by atoms with van der Waals surface area (Å²) >= 11 is 3.51. The molecule has 3 N–H and O–H groups in total. The topological polar surface area (TPSA) is 55.1 Å². The molecule has 2 rings (SSSR count). The molecule has 1 amide bonds. The van der Waals surface area contributed by atoms with Crippen LogP contribution in [0.5, 0.6) is 0 Å². The predicted molar refractivity (Wildman–Crippen MR) is 83.3 cm³/mol. The summed E-state index contributed by atoms with van der Waals surface area (Å²) in [4.78, 5) is 12.1. The first kappa shape index (κ1) is 16.5. The summed E-state index contributed by atoms with van der Waals surface area (Å²) < 4.78 is 1.03. The van der Waals surface area contributed by atoms with Crippen molar-refractivity contribution >= 4 is 34.2 Å². The molecule has 1 saturated carbocycles. The summed E-state index contributed by atoms with van der Waals surface area (Å²) in [5.41, 5.74) is 6.95. The third-order valence-electron chi connectivity index (χ3n) is 3.57. The van der Waals surface area contributed by atoms with Crippen molar-refractivity contribution < 1.29 is 4.79 Å². The molecule has 3 atom stereocenters. The van der Waals surface area contributed by atoms with E-state index in [2.05, 4.69) is 21.2 Å². The molecule has 0 radical (unpaired) electrons. The highest BCUT2D eigenvalue weighted by Gasteiger charge is 2.28. The average Bonchev–Trinajstić information content (AvgIpc) is 2.76. The van der Waals surface area contributed by atoms with E-state index in [0.29, 0.717) is 0 Å². The van der Waals surface area contributed by atoms with Gasteiger partial charge >= 0.3 is 0 Å². The Morgan fingerprint density at radius 2 is 2.11 bits per heavy atom. The highest BCUT2D eigenvalue weighted by Crippen LogP contribution is 2.27. The fourth-order valence-corrected chi connectivity index (χ4v) is 3.12. The van der Waals surface area contributed by atoms with E-state index in [1.807, 2.05) is 31.2 Å². The van der Waals surface area contributed by atoms with E-state index in [9.17, 15) is 4.79 Å². The molecule has 0 bridgehead atoms. The zero-order valence-electron chi connectivity index (χ0n) is 10.9. The number of benzene rings is 1. The lowest BCUT2D eigenvalue weighted by Crippen LogP contribution is -2.32. The van der Waals surface area contributed by atoms with E-state index in [4.69, 9.17) is 5.73 Å². The third kappa shape index (κ3) is 4.20. The van der Waals surface area contributed by atoms with Gasteiger partial charge in [0.15, 0.2) is 0 Å². The monoisotopic (exact) mass is 346 g/mol. The number of halogens is 2. The minimum absolute atomic E-state index is 0. The molecule has 0 aliphatic heterocycles. The van der Waals surface area contributed by atoms with E-state index in [1.54, 1.807) is 0 Å². The van der Waals surface area contributed by atoms with Gasteiger partial charge in [-0.15, -0.1) is 12.4 Å². The normalized spacial score (nSPS) is 23.5. The third-order valence-corrected chi connectivity index (χ3v) is 4.30. The lowest BCUT2D eigenvalue weighted by atomic mass is 10.0. The number of rotatable bonds is 3. The van der Waals surface area contributed by atoms with Crippen LogP contribution in [0.4, 0.5) is 0 Å². The van der Waals surface area contributed by atoms with E-state index in [0.717, 1.165) is 29.3 Å². The van der Waals surface area contributed by atoms with Crippen LogP contribution in [-0.2, 0) is 4.79 Å². The summed E-state index contributed by atoms with van der Waals surface area (Å²) in [5, 5.41) is 3.08. The summed E-state index contributed by atoms with van der Waals surface area (Å²) in [6.45, 7) is 2.01. The first-order valence-electron chi connectivity index (χ1n) is 6.38. The van der Waals surface area contributed by atoms with Crippen molar-refractivity contribution in [3.05, 3.63) is 34.3 Å². The minimum Gasteiger partial charge on any atom is -0.349 e. The van der Waals surface area contributed by atoms with Crippen LogP contribution in [-0.4, -0.2) is 11.9 Å². The van der Waals surface area contributed by atoms with Crippen LogP contribution >= 0.6 is 28.3 Å². The molecule has 5 heteroatoms. The molecule has 1 fully saturated rings. The number of hydrogen-bond acceptors (Lipinski definition) is 2. The van der Waals surface area contributed by atoms with Gasteiger partial charge in [-0.2, -0.15) is 0 Å². The van der Waals surface area contributed by atoms with E-state index < -0.39 is 0 Å². The molecule has 0 spiro atoms. The van der Waals surface area contributed by atoms with Crippen molar-refractivity contribution in [2.45, 2.75) is 38.3 Å². The zero-order chi connectivity index (χ0) is 13.1. The SMILES string of the molecule is CC(NC(=O)C1CCC(N)C1)c1ccccc1Br.Cl. The van der Waals surface area contributed by atoms with Crippen LogP contribution < -0.4 is 11.1 Å². The number of nitrogens with two attached hydrogens (primary N) is 1. The van der Waals surface area contributed by atoms with Gasteiger partial charge in [0, 0.05) is 16.4 Å². The number of hydrogen-bond donors (Lipinski definition) is 2. The molecule has 0 heterocycles. The Kier molecular flexibility index (Phi) is 6.30. The van der Waals surface area contributed by atoms with Crippen molar-refractivity contribution in [3.8, 4) is 0 Å². The fraction of sp³-hybridized carbons (Fsp3) is 0.500. The Morgan fingerprint density at radius 1 is 1.42 bits per heavy atom. The number of amides is 1. The molecule has 1 aliphatic carbocycles. The molecule has 19 heavy (non-hydrogen) atoms. The van der Waals surface area contributed by atoms with E-state index in [-0.39, 0.29) is 36.3 Å². The van der Waals surface area contributed by atoms with Crippen LogP contribution in [0.15, 0.2) is 28.7 Å². The predicted octanol–water partition coefficient (Wildman–Crippen LogP) is 3.18. The van der Waals surface area contributed by atoms with Crippen molar-refractivity contribution in [2.75, 3.05) is 0 Å². The zero-order valence-corrected chi connectivity index (χ0v) is 13.3. The van der Waals surface area contributed by atoms with Crippen LogP contribution in [0.3, 0.4) is 0 Å². The Morgan fingerprint density at radius 3 is 2.68 bits per heavy atom. The van der Waals surface area contributed by atoms with Gasteiger partial charge in [0.05, 0.1) is 6.04 Å². The second-order valence-electron chi connectivity index (χ2n) is 5.02. The van der Waals surface area contributed by atoms with Crippen molar-refractivity contribution in [2.24, 2.45) is 11.7 Å². The van der Waals surface area contributed by atoms with Gasteiger partial charge < -0.3 is 11.1 Å². The van der Waals surface area contributed by atoms with Crippen LogP contribution in [0.2, 0.25) is 0 Å². The van der Waals surface area contributed by atoms with Gasteiger partial charge in [0.25, 0.3) is 0 Å². The highest BCUT2D eigenvalue weighted by molar-refractivity contribution is 9.10. The number of carbonyl (C=O) groups excluding carboxylic acids is 1. The Labute approximate surface area is 128 Å². The van der Waals surface area contributed by atoms with Gasteiger partial charge in [-0.1, -0.05) is 34.1 Å². The summed E-state index contributed by atoms with van der Waals surface area (Å²) in [5.74, 6) is 0.219. The molecule has 106 valence electrons. The molecule has 1 aliphatic rings. The fourth-order valence-electron chi connectivity index (χ4n) is 2.49. The standard InChI is InChI=1S/C14H19BrN2O.ClH/c1-9(12-4-2-3-5-13(12)15)17-14(18)10-6-7-11(16)8-10;/h2-5,9-11H,6-8,16H2,1H3,(H,17,18);1H. The minimum atomic E-state index is 0. The van der Waals surface area contributed by atoms with Gasteiger partial charge in [0.2, 0.25) is 5.91 Å². The molecule has 3 nitrogen and oxygen atoms in total. The van der Waals surface area contributed by atoms with Crippen molar-refractivity contribution in [3.63, 3.8) is 0 Å².